The number of aliphatic hydroxyl groups is 2. The van der Waals surface area contributed by atoms with Crippen LogP contribution in [0.5, 0.6) is 0 Å². The van der Waals surface area contributed by atoms with Gasteiger partial charge in [-0.1, -0.05) is 12.5 Å². The number of nitrogens with zero attached hydrogens (tertiary/aromatic N) is 5. The summed E-state index contributed by atoms with van der Waals surface area (Å²) in [5, 5.41) is 21.0. The van der Waals surface area contributed by atoms with Crippen LogP contribution < -0.4 is 0 Å². The average Bonchev–Trinajstić information content (AvgIpc) is 2.94. The lowest BCUT2D eigenvalue weighted by molar-refractivity contribution is -0.165. The smallest absolute Gasteiger partial charge is 0.312 e. The van der Waals surface area contributed by atoms with Crippen molar-refractivity contribution in [2.45, 2.75) is 57.3 Å². The van der Waals surface area contributed by atoms with Gasteiger partial charge in [-0.05, 0) is 64.4 Å². The lowest BCUT2D eigenvalue weighted by atomic mass is 9.74. The summed E-state index contributed by atoms with van der Waals surface area (Å²) >= 11 is 0. The molecule has 10 heteroatoms. The van der Waals surface area contributed by atoms with E-state index < -0.39 is 17.6 Å². The normalized spacial score (nSPS) is 27.2. The molecule has 212 valence electrons. The molecule has 0 aromatic carbocycles. The van der Waals surface area contributed by atoms with Crippen LogP contribution in [0.1, 0.15) is 44.2 Å². The molecule has 3 aliphatic heterocycles. The number of esters is 1. The average molecular weight is 532 g/mol. The molecule has 0 radical (unpaired) electrons. The molecule has 0 bridgehead atoms. The summed E-state index contributed by atoms with van der Waals surface area (Å²) in [6.07, 6.45) is 3.50. The molecule has 2 N–H and O–H groups in total. The molecule has 1 aromatic rings. The standard InChI is InChI=1S/C28H45N5O5/c1-30-16-18-32(19-17-30)21-26(36)33-12-5-3-8-28(27(37)38-22-25(35)24(34)7-13-33)9-14-31(15-10-28)20-23-6-2-4-11-29-23/h2,4,6,11,24-25,34-35H,3,5,7-10,12-22H2,1H3/t24-,25+/m0/s1. The second-order valence-electron chi connectivity index (χ2n) is 11.3. The number of amides is 1. The third kappa shape index (κ3) is 7.95. The summed E-state index contributed by atoms with van der Waals surface area (Å²) in [7, 11) is 2.09. The Labute approximate surface area is 226 Å². The maximum absolute atomic E-state index is 13.3. The fraction of sp³-hybridized carbons (Fsp3) is 0.750. The van der Waals surface area contributed by atoms with Crippen LogP contribution in [0.15, 0.2) is 24.4 Å². The number of carbonyl (C=O) groups is 2. The molecule has 3 aliphatic rings. The number of piperidine rings is 1. The number of ether oxygens (including phenoxy) is 1. The number of aromatic nitrogens is 1. The minimum atomic E-state index is -1.17. The molecular weight excluding hydrogens is 486 g/mol. The van der Waals surface area contributed by atoms with Gasteiger partial charge in [0.1, 0.15) is 12.7 Å². The monoisotopic (exact) mass is 531 g/mol. The van der Waals surface area contributed by atoms with Gasteiger partial charge in [-0.3, -0.25) is 24.4 Å². The van der Waals surface area contributed by atoms with E-state index in [1.54, 1.807) is 6.20 Å². The predicted molar refractivity (Wildman–Crippen MR) is 143 cm³/mol. The summed E-state index contributed by atoms with van der Waals surface area (Å²) < 4.78 is 5.60. The molecular formula is C28H45N5O5. The van der Waals surface area contributed by atoms with Crippen LogP contribution in [0.25, 0.3) is 0 Å². The fourth-order valence-electron chi connectivity index (χ4n) is 5.75. The second kappa shape index (κ2) is 13.8. The molecule has 0 unspecified atom stereocenters. The van der Waals surface area contributed by atoms with Gasteiger partial charge in [0, 0.05) is 52.0 Å². The first-order valence-electron chi connectivity index (χ1n) is 14.2. The first kappa shape index (κ1) is 28.9. The first-order chi connectivity index (χ1) is 18.3. The topological polar surface area (TPSA) is 110 Å². The van der Waals surface area contributed by atoms with Crippen LogP contribution in [-0.4, -0.2) is 131 Å². The van der Waals surface area contributed by atoms with E-state index in [0.29, 0.717) is 38.9 Å². The number of piperazine rings is 1. The Morgan fingerprint density at radius 1 is 0.974 bits per heavy atom. The van der Waals surface area contributed by atoms with Gasteiger partial charge in [-0.2, -0.15) is 0 Å². The maximum atomic E-state index is 13.3. The number of rotatable bonds is 4. The third-order valence-corrected chi connectivity index (χ3v) is 8.52. The van der Waals surface area contributed by atoms with Crippen LogP contribution in [0.2, 0.25) is 0 Å². The predicted octanol–water partition coefficient (Wildman–Crippen LogP) is 0.579. The zero-order valence-corrected chi connectivity index (χ0v) is 22.8. The Balaban J connectivity index is 1.37. The Kier molecular flexibility index (Phi) is 10.5. The molecule has 3 fully saturated rings. The number of aliphatic hydroxyl groups excluding tert-OH is 2. The zero-order valence-electron chi connectivity index (χ0n) is 22.8. The van der Waals surface area contributed by atoms with Crippen molar-refractivity contribution in [3.05, 3.63) is 30.1 Å². The molecule has 4 rings (SSSR count). The summed E-state index contributed by atoms with van der Waals surface area (Å²) in [6, 6.07) is 5.91. The Morgan fingerprint density at radius 3 is 2.45 bits per heavy atom. The van der Waals surface area contributed by atoms with Crippen molar-refractivity contribution in [2.24, 2.45) is 5.41 Å². The van der Waals surface area contributed by atoms with Crippen LogP contribution in [0.4, 0.5) is 0 Å². The van der Waals surface area contributed by atoms with Crippen molar-refractivity contribution in [1.82, 2.24) is 24.6 Å². The SMILES string of the molecule is CN1CCN(CC(=O)N2CCCCC3(CCN(Cc4ccccn4)CC3)C(=O)OC[C@@H](O)[C@@H](O)CC2)CC1. The van der Waals surface area contributed by atoms with Crippen LogP contribution in [0.3, 0.4) is 0 Å². The number of likely N-dealkylation sites (tertiary alicyclic amines) is 1. The van der Waals surface area contributed by atoms with Gasteiger partial charge in [0.2, 0.25) is 5.91 Å². The molecule has 1 spiro atoms. The first-order valence-corrected chi connectivity index (χ1v) is 14.2. The van der Waals surface area contributed by atoms with E-state index in [1.807, 2.05) is 23.1 Å². The van der Waals surface area contributed by atoms with Gasteiger partial charge in [0.15, 0.2) is 0 Å². The van der Waals surface area contributed by atoms with Crippen LogP contribution in [0, 0.1) is 5.41 Å². The van der Waals surface area contributed by atoms with Crippen molar-refractivity contribution in [1.29, 1.82) is 0 Å². The summed E-state index contributed by atoms with van der Waals surface area (Å²) in [4.78, 5) is 39.5. The number of cyclic esters (lactones) is 1. The molecule has 1 aromatic heterocycles. The summed E-state index contributed by atoms with van der Waals surface area (Å²) in [5.41, 5.74) is 0.410. The van der Waals surface area contributed by atoms with E-state index in [9.17, 15) is 19.8 Å². The quantitative estimate of drug-likeness (QED) is 0.539. The van der Waals surface area contributed by atoms with Crippen molar-refractivity contribution < 1.29 is 24.5 Å². The van der Waals surface area contributed by atoms with E-state index in [2.05, 4.69) is 26.7 Å². The highest BCUT2D eigenvalue weighted by Gasteiger charge is 2.42. The van der Waals surface area contributed by atoms with E-state index in [4.69, 9.17) is 4.74 Å². The van der Waals surface area contributed by atoms with Crippen molar-refractivity contribution >= 4 is 11.9 Å². The molecule has 38 heavy (non-hydrogen) atoms. The van der Waals surface area contributed by atoms with Crippen LogP contribution in [-0.2, 0) is 20.9 Å². The van der Waals surface area contributed by atoms with Gasteiger partial charge in [0.05, 0.1) is 23.8 Å². The molecule has 0 saturated carbocycles. The number of pyridine rings is 1. The van der Waals surface area contributed by atoms with Gasteiger partial charge >= 0.3 is 5.97 Å². The highest BCUT2D eigenvalue weighted by atomic mass is 16.5. The maximum Gasteiger partial charge on any atom is 0.312 e. The van der Waals surface area contributed by atoms with E-state index in [1.165, 1.54) is 0 Å². The summed E-state index contributed by atoms with van der Waals surface area (Å²) in [6.45, 7) is 7.06. The lowest BCUT2D eigenvalue weighted by Gasteiger charge is -2.40. The van der Waals surface area contributed by atoms with Crippen molar-refractivity contribution in [3.8, 4) is 0 Å². The largest absolute Gasteiger partial charge is 0.462 e. The molecule has 1 amide bonds. The number of likely N-dealkylation sites (N-methyl/N-ethyl adjacent to an activating group) is 1. The van der Waals surface area contributed by atoms with Gasteiger partial charge in [-0.25, -0.2) is 0 Å². The highest BCUT2D eigenvalue weighted by Crippen LogP contribution is 2.38. The Bertz CT molecular complexity index is 887. The second-order valence-corrected chi connectivity index (χ2v) is 11.3. The minimum Gasteiger partial charge on any atom is -0.462 e. The highest BCUT2D eigenvalue weighted by molar-refractivity contribution is 5.78. The number of hydrogen-bond acceptors (Lipinski definition) is 9. The Morgan fingerprint density at radius 2 is 1.74 bits per heavy atom. The van der Waals surface area contributed by atoms with E-state index >= 15 is 0 Å². The summed E-state index contributed by atoms with van der Waals surface area (Å²) in [5.74, 6) is -0.209. The van der Waals surface area contributed by atoms with Gasteiger partial charge < -0.3 is 24.7 Å². The Hall–Kier alpha value is -2.11. The van der Waals surface area contributed by atoms with Crippen LogP contribution >= 0.6 is 0 Å². The molecule has 2 atom stereocenters. The lowest BCUT2D eigenvalue weighted by Crippen LogP contribution is -2.49. The van der Waals surface area contributed by atoms with Gasteiger partial charge in [-0.15, -0.1) is 0 Å². The van der Waals surface area contributed by atoms with Gasteiger partial charge in [0.25, 0.3) is 0 Å². The number of hydrogen-bond donors (Lipinski definition) is 2. The molecule has 10 nitrogen and oxygen atoms in total. The third-order valence-electron chi connectivity index (χ3n) is 8.52. The minimum absolute atomic E-state index is 0.0657. The zero-order chi connectivity index (χ0) is 27.0. The van der Waals surface area contributed by atoms with E-state index in [0.717, 1.165) is 64.3 Å². The fourth-order valence-corrected chi connectivity index (χ4v) is 5.75. The van der Waals surface area contributed by atoms with E-state index in [-0.39, 0.29) is 24.9 Å². The molecule has 0 aliphatic carbocycles. The molecule has 4 heterocycles. The molecule has 3 saturated heterocycles. The van der Waals surface area contributed by atoms with Crippen molar-refractivity contribution in [2.75, 3.05) is 72.6 Å². The number of carbonyl (C=O) groups excluding carboxylic acids is 2. The van der Waals surface area contributed by atoms with Crippen molar-refractivity contribution in [3.63, 3.8) is 0 Å².